The first kappa shape index (κ1) is 19.8. The molecule has 29 heavy (non-hydrogen) atoms. The quantitative estimate of drug-likeness (QED) is 0.364. The van der Waals surface area contributed by atoms with Gasteiger partial charge in [-0.05, 0) is 42.7 Å². The lowest BCUT2D eigenvalue weighted by atomic mass is 10.2. The summed E-state index contributed by atoms with van der Waals surface area (Å²) >= 11 is 1.46. The van der Waals surface area contributed by atoms with Crippen molar-refractivity contribution in [1.29, 1.82) is 0 Å². The average molecular weight is 423 g/mol. The molecular formula is C20H17F4N3OS. The summed E-state index contributed by atoms with van der Waals surface area (Å²) in [4.78, 5) is 0. The minimum Gasteiger partial charge on any atom is -0.484 e. The molecule has 0 bridgehead atoms. The standard InChI is InChI=1S/C20H17F4N3OS/c21-17-4-2-1-3-16(17)18-25-26-19(27(18)14-7-8-14)29-11-13-5-9-15(10-6-13)28-12-20(22,23)24/h1-6,9-10,14H,7-8,11-12H2. The van der Waals surface area contributed by atoms with Crippen LogP contribution < -0.4 is 4.74 Å². The van der Waals surface area contributed by atoms with E-state index in [-0.39, 0.29) is 17.6 Å². The van der Waals surface area contributed by atoms with Gasteiger partial charge in [0.1, 0.15) is 11.6 Å². The van der Waals surface area contributed by atoms with Gasteiger partial charge in [0.2, 0.25) is 0 Å². The first-order valence-electron chi connectivity index (χ1n) is 9.02. The molecule has 0 N–H and O–H groups in total. The Balaban J connectivity index is 1.46. The maximum Gasteiger partial charge on any atom is 0.422 e. The second-order valence-electron chi connectivity index (χ2n) is 6.72. The molecule has 1 aromatic heterocycles. The van der Waals surface area contributed by atoms with Crippen LogP contribution in [-0.4, -0.2) is 27.5 Å². The molecule has 1 saturated carbocycles. The van der Waals surface area contributed by atoms with E-state index in [1.807, 2.05) is 4.57 Å². The predicted octanol–water partition coefficient (Wildman–Crippen LogP) is 5.65. The number of alkyl halides is 3. The molecule has 0 amide bonds. The van der Waals surface area contributed by atoms with E-state index >= 15 is 0 Å². The maximum atomic E-state index is 14.2. The Morgan fingerprint density at radius 1 is 1.03 bits per heavy atom. The van der Waals surface area contributed by atoms with Crippen LogP contribution >= 0.6 is 11.8 Å². The molecule has 9 heteroatoms. The van der Waals surface area contributed by atoms with Crippen molar-refractivity contribution < 1.29 is 22.3 Å². The lowest BCUT2D eigenvalue weighted by Gasteiger charge is -2.10. The summed E-state index contributed by atoms with van der Waals surface area (Å²) in [6, 6.07) is 13.2. The smallest absolute Gasteiger partial charge is 0.422 e. The van der Waals surface area contributed by atoms with Gasteiger partial charge >= 0.3 is 6.18 Å². The van der Waals surface area contributed by atoms with E-state index in [4.69, 9.17) is 4.74 Å². The second kappa shape index (κ2) is 8.06. The van der Waals surface area contributed by atoms with Gasteiger partial charge in [0.25, 0.3) is 0 Å². The number of ether oxygens (including phenoxy) is 1. The topological polar surface area (TPSA) is 39.9 Å². The van der Waals surface area contributed by atoms with Gasteiger partial charge in [-0.25, -0.2) is 4.39 Å². The molecule has 1 fully saturated rings. The third-order valence-electron chi connectivity index (χ3n) is 4.39. The van der Waals surface area contributed by atoms with Crippen LogP contribution in [0.15, 0.2) is 53.7 Å². The Kier molecular flexibility index (Phi) is 5.49. The number of aromatic nitrogens is 3. The molecular weight excluding hydrogens is 406 g/mol. The van der Waals surface area contributed by atoms with Gasteiger partial charge in [0.15, 0.2) is 17.6 Å². The van der Waals surface area contributed by atoms with Crippen molar-refractivity contribution in [3.63, 3.8) is 0 Å². The molecule has 0 saturated heterocycles. The molecule has 0 spiro atoms. The zero-order valence-corrected chi connectivity index (χ0v) is 16.0. The maximum absolute atomic E-state index is 14.2. The second-order valence-corrected chi connectivity index (χ2v) is 7.67. The number of benzene rings is 2. The van der Waals surface area contributed by atoms with Gasteiger partial charge in [-0.3, -0.25) is 4.57 Å². The van der Waals surface area contributed by atoms with Crippen LogP contribution in [0.25, 0.3) is 11.4 Å². The Morgan fingerprint density at radius 3 is 2.41 bits per heavy atom. The van der Waals surface area contributed by atoms with Gasteiger partial charge < -0.3 is 4.74 Å². The minimum atomic E-state index is -4.36. The molecule has 1 aliphatic carbocycles. The summed E-state index contributed by atoms with van der Waals surface area (Å²) in [5.41, 5.74) is 1.33. The van der Waals surface area contributed by atoms with Crippen LogP contribution in [0.1, 0.15) is 24.4 Å². The van der Waals surface area contributed by atoms with E-state index in [2.05, 4.69) is 10.2 Å². The fraction of sp³-hybridized carbons (Fsp3) is 0.300. The molecule has 1 aliphatic rings. The highest BCUT2D eigenvalue weighted by atomic mass is 32.2. The Labute approximate surface area is 168 Å². The first-order chi connectivity index (χ1) is 13.9. The van der Waals surface area contributed by atoms with E-state index < -0.39 is 12.8 Å². The summed E-state index contributed by atoms with van der Waals surface area (Å²) in [6.45, 7) is -1.32. The molecule has 152 valence electrons. The molecule has 0 radical (unpaired) electrons. The molecule has 0 aliphatic heterocycles. The number of hydrogen-bond acceptors (Lipinski definition) is 4. The zero-order valence-electron chi connectivity index (χ0n) is 15.2. The molecule has 4 nitrogen and oxygen atoms in total. The number of nitrogens with zero attached hydrogens (tertiary/aromatic N) is 3. The third-order valence-corrected chi connectivity index (χ3v) is 5.40. The van der Waals surface area contributed by atoms with E-state index in [9.17, 15) is 17.6 Å². The van der Waals surface area contributed by atoms with Crippen molar-refractivity contribution in [2.24, 2.45) is 0 Å². The molecule has 3 aromatic rings. The van der Waals surface area contributed by atoms with Crippen LogP contribution in [0.3, 0.4) is 0 Å². The van der Waals surface area contributed by atoms with E-state index in [1.54, 1.807) is 30.3 Å². The van der Waals surface area contributed by atoms with Crippen molar-refractivity contribution >= 4 is 11.8 Å². The lowest BCUT2D eigenvalue weighted by molar-refractivity contribution is -0.153. The Bertz CT molecular complexity index is 984. The third kappa shape index (κ3) is 4.90. The summed E-state index contributed by atoms with van der Waals surface area (Å²) < 4.78 is 57.6. The van der Waals surface area contributed by atoms with Gasteiger partial charge in [-0.2, -0.15) is 13.2 Å². The molecule has 1 heterocycles. The first-order valence-corrected chi connectivity index (χ1v) is 10.0. The molecule has 4 rings (SSSR count). The van der Waals surface area contributed by atoms with Crippen LogP contribution in [0.4, 0.5) is 17.6 Å². The average Bonchev–Trinajstić information content (AvgIpc) is 3.45. The van der Waals surface area contributed by atoms with Crippen molar-refractivity contribution in [2.45, 2.75) is 36.0 Å². The number of hydrogen-bond donors (Lipinski definition) is 0. The van der Waals surface area contributed by atoms with Crippen LogP contribution in [0, 0.1) is 5.82 Å². The zero-order chi connectivity index (χ0) is 20.4. The monoisotopic (exact) mass is 423 g/mol. The highest BCUT2D eigenvalue weighted by molar-refractivity contribution is 7.98. The highest BCUT2D eigenvalue weighted by Crippen LogP contribution is 2.41. The van der Waals surface area contributed by atoms with Crippen molar-refractivity contribution in [2.75, 3.05) is 6.61 Å². The van der Waals surface area contributed by atoms with Gasteiger partial charge in [0, 0.05) is 11.8 Å². The van der Waals surface area contributed by atoms with Crippen LogP contribution in [0.2, 0.25) is 0 Å². The number of halogens is 4. The van der Waals surface area contributed by atoms with Crippen molar-refractivity contribution in [1.82, 2.24) is 14.8 Å². The fourth-order valence-electron chi connectivity index (χ4n) is 2.86. The van der Waals surface area contributed by atoms with Crippen LogP contribution in [0.5, 0.6) is 5.75 Å². The van der Waals surface area contributed by atoms with Crippen molar-refractivity contribution in [3.8, 4) is 17.1 Å². The molecule has 2 aromatic carbocycles. The lowest BCUT2D eigenvalue weighted by Crippen LogP contribution is -2.19. The number of rotatable bonds is 7. The molecule has 0 unspecified atom stereocenters. The SMILES string of the molecule is Fc1ccccc1-c1nnc(SCc2ccc(OCC(F)(F)F)cc2)n1C1CC1. The van der Waals surface area contributed by atoms with Gasteiger partial charge in [-0.15, -0.1) is 10.2 Å². The summed E-state index contributed by atoms with van der Waals surface area (Å²) in [5.74, 6) is 0.901. The summed E-state index contributed by atoms with van der Waals surface area (Å²) in [5, 5.41) is 9.15. The number of thioether (sulfide) groups is 1. The van der Waals surface area contributed by atoms with Crippen LogP contribution in [-0.2, 0) is 5.75 Å². The van der Waals surface area contributed by atoms with Gasteiger partial charge in [0.05, 0.1) is 5.56 Å². The molecule has 0 atom stereocenters. The van der Waals surface area contributed by atoms with E-state index in [1.165, 1.54) is 30.0 Å². The largest absolute Gasteiger partial charge is 0.484 e. The highest BCUT2D eigenvalue weighted by Gasteiger charge is 2.31. The Morgan fingerprint density at radius 2 is 1.76 bits per heavy atom. The predicted molar refractivity (Wildman–Crippen MR) is 101 cm³/mol. The van der Waals surface area contributed by atoms with E-state index in [0.29, 0.717) is 22.3 Å². The fourth-order valence-corrected chi connectivity index (χ4v) is 3.82. The summed E-state index contributed by atoms with van der Waals surface area (Å²) in [7, 11) is 0. The summed E-state index contributed by atoms with van der Waals surface area (Å²) in [6.07, 6.45) is -2.37. The Hall–Kier alpha value is -2.55. The van der Waals surface area contributed by atoms with Gasteiger partial charge in [-0.1, -0.05) is 36.0 Å². The minimum absolute atomic E-state index is 0.166. The normalized spacial score (nSPS) is 14.2. The van der Waals surface area contributed by atoms with Crippen molar-refractivity contribution in [3.05, 3.63) is 59.9 Å². The van der Waals surface area contributed by atoms with E-state index in [0.717, 1.165) is 18.4 Å².